The fourth-order valence-corrected chi connectivity index (χ4v) is 2.07. The molecule has 0 heterocycles. The number of halogens is 1. The van der Waals surface area contributed by atoms with Crippen LogP contribution in [-0.4, -0.2) is 12.5 Å². The van der Waals surface area contributed by atoms with E-state index in [2.05, 4.69) is 5.32 Å². The molecule has 0 saturated heterocycles. The number of hydrogen-bond donors (Lipinski definition) is 2. The SMILES string of the molecule is Cc1cc(F)cc(C(=O)NC(CN)c2ccccc2)c1. The van der Waals surface area contributed by atoms with Crippen molar-refractivity contribution >= 4 is 5.91 Å². The van der Waals surface area contributed by atoms with Crippen molar-refractivity contribution in [3.63, 3.8) is 0 Å². The lowest BCUT2D eigenvalue weighted by Crippen LogP contribution is -2.33. The number of hydrogen-bond acceptors (Lipinski definition) is 2. The van der Waals surface area contributed by atoms with E-state index in [1.807, 2.05) is 30.3 Å². The van der Waals surface area contributed by atoms with Crippen molar-refractivity contribution in [1.82, 2.24) is 5.32 Å². The van der Waals surface area contributed by atoms with Crippen LogP contribution < -0.4 is 11.1 Å². The third-order valence-electron chi connectivity index (χ3n) is 3.05. The molecule has 2 aromatic rings. The van der Waals surface area contributed by atoms with E-state index in [4.69, 9.17) is 5.73 Å². The predicted molar refractivity (Wildman–Crippen MR) is 76.8 cm³/mol. The van der Waals surface area contributed by atoms with Crippen molar-refractivity contribution < 1.29 is 9.18 Å². The molecule has 0 aromatic heterocycles. The zero-order chi connectivity index (χ0) is 14.5. The quantitative estimate of drug-likeness (QED) is 0.898. The Morgan fingerprint density at radius 1 is 1.25 bits per heavy atom. The second kappa shape index (κ2) is 6.30. The standard InChI is InChI=1S/C16H17FN2O/c1-11-7-13(9-14(17)8-11)16(20)19-15(10-18)12-5-3-2-4-6-12/h2-9,15H,10,18H2,1H3,(H,19,20). The monoisotopic (exact) mass is 272 g/mol. The fourth-order valence-electron chi connectivity index (χ4n) is 2.07. The molecule has 4 heteroatoms. The first-order valence-electron chi connectivity index (χ1n) is 6.43. The summed E-state index contributed by atoms with van der Waals surface area (Å²) in [5.74, 6) is -0.744. The molecule has 0 aliphatic rings. The zero-order valence-corrected chi connectivity index (χ0v) is 11.3. The lowest BCUT2D eigenvalue weighted by molar-refractivity contribution is 0.0937. The number of rotatable bonds is 4. The van der Waals surface area contributed by atoms with Crippen molar-refractivity contribution in [3.8, 4) is 0 Å². The first-order chi connectivity index (χ1) is 9.60. The van der Waals surface area contributed by atoms with E-state index < -0.39 is 5.82 Å². The summed E-state index contributed by atoms with van der Waals surface area (Å²) in [6.07, 6.45) is 0. The summed E-state index contributed by atoms with van der Waals surface area (Å²) in [6.45, 7) is 2.03. The van der Waals surface area contributed by atoms with Crippen molar-refractivity contribution in [2.24, 2.45) is 5.73 Å². The van der Waals surface area contributed by atoms with Crippen LogP contribution in [-0.2, 0) is 0 Å². The van der Waals surface area contributed by atoms with Crippen LogP contribution in [0, 0.1) is 12.7 Å². The van der Waals surface area contributed by atoms with Gasteiger partial charge in [0.2, 0.25) is 0 Å². The second-order valence-electron chi connectivity index (χ2n) is 4.69. The van der Waals surface area contributed by atoms with Gasteiger partial charge in [-0.3, -0.25) is 4.79 Å². The van der Waals surface area contributed by atoms with Gasteiger partial charge in [-0.05, 0) is 36.2 Å². The van der Waals surface area contributed by atoms with Crippen molar-refractivity contribution in [2.45, 2.75) is 13.0 Å². The van der Waals surface area contributed by atoms with Crippen LogP contribution in [0.1, 0.15) is 27.5 Å². The predicted octanol–water partition coefficient (Wildman–Crippen LogP) is 2.56. The van der Waals surface area contributed by atoms with Gasteiger partial charge in [0, 0.05) is 12.1 Å². The largest absolute Gasteiger partial charge is 0.344 e. The number of amides is 1. The molecule has 3 nitrogen and oxygen atoms in total. The molecule has 1 amide bonds. The molecule has 3 N–H and O–H groups in total. The van der Waals surface area contributed by atoms with E-state index in [1.54, 1.807) is 13.0 Å². The zero-order valence-electron chi connectivity index (χ0n) is 11.3. The molecule has 104 valence electrons. The maximum Gasteiger partial charge on any atom is 0.251 e. The molecule has 0 spiro atoms. The lowest BCUT2D eigenvalue weighted by Gasteiger charge is -2.17. The van der Waals surface area contributed by atoms with Crippen LogP contribution in [0.2, 0.25) is 0 Å². The van der Waals surface area contributed by atoms with Gasteiger partial charge in [-0.2, -0.15) is 0 Å². The fraction of sp³-hybridized carbons (Fsp3) is 0.188. The molecule has 2 rings (SSSR count). The Labute approximate surface area is 117 Å². The minimum absolute atomic E-state index is 0.282. The number of carbonyl (C=O) groups is 1. The minimum Gasteiger partial charge on any atom is -0.344 e. The summed E-state index contributed by atoms with van der Waals surface area (Å²) < 4.78 is 13.3. The lowest BCUT2D eigenvalue weighted by atomic mass is 10.1. The highest BCUT2D eigenvalue weighted by atomic mass is 19.1. The van der Waals surface area contributed by atoms with E-state index >= 15 is 0 Å². The first-order valence-corrected chi connectivity index (χ1v) is 6.43. The maximum atomic E-state index is 13.3. The molecule has 0 bridgehead atoms. The maximum absolute atomic E-state index is 13.3. The molecule has 0 aliphatic carbocycles. The number of nitrogens with two attached hydrogens (primary N) is 1. The molecular weight excluding hydrogens is 255 g/mol. The van der Waals surface area contributed by atoms with E-state index in [0.29, 0.717) is 11.1 Å². The first kappa shape index (κ1) is 14.2. The van der Waals surface area contributed by atoms with Crippen LogP contribution >= 0.6 is 0 Å². The van der Waals surface area contributed by atoms with Gasteiger partial charge < -0.3 is 11.1 Å². The molecule has 2 aromatic carbocycles. The molecule has 0 saturated carbocycles. The summed E-state index contributed by atoms with van der Waals surface area (Å²) in [5.41, 5.74) is 7.64. The molecule has 0 aliphatic heterocycles. The van der Waals surface area contributed by atoms with Crippen molar-refractivity contribution in [2.75, 3.05) is 6.54 Å². The molecular formula is C16H17FN2O. The van der Waals surface area contributed by atoms with Crippen LogP contribution in [0.25, 0.3) is 0 Å². The number of nitrogens with one attached hydrogen (secondary N) is 1. The Kier molecular flexibility index (Phi) is 4.48. The van der Waals surface area contributed by atoms with Gasteiger partial charge in [-0.25, -0.2) is 4.39 Å². The van der Waals surface area contributed by atoms with E-state index in [9.17, 15) is 9.18 Å². The normalized spacial score (nSPS) is 11.9. The smallest absolute Gasteiger partial charge is 0.251 e. The highest BCUT2D eigenvalue weighted by Crippen LogP contribution is 2.13. The Morgan fingerprint density at radius 3 is 2.55 bits per heavy atom. The molecule has 20 heavy (non-hydrogen) atoms. The second-order valence-corrected chi connectivity index (χ2v) is 4.69. The third kappa shape index (κ3) is 3.42. The van der Waals surface area contributed by atoms with Gasteiger partial charge in [-0.15, -0.1) is 0 Å². The van der Waals surface area contributed by atoms with Crippen LogP contribution in [0.15, 0.2) is 48.5 Å². The Hall–Kier alpha value is -2.20. The van der Waals surface area contributed by atoms with Gasteiger partial charge in [-0.1, -0.05) is 30.3 Å². The van der Waals surface area contributed by atoms with Gasteiger partial charge in [0.15, 0.2) is 0 Å². The van der Waals surface area contributed by atoms with Crippen molar-refractivity contribution in [3.05, 3.63) is 71.0 Å². The van der Waals surface area contributed by atoms with Gasteiger partial charge in [0.1, 0.15) is 5.82 Å². The summed E-state index contributed by atoms with van der Waals surface area (Å²) in [6, 6.07) is 13.4. The molecule has 1 unspecified atom stereocenters. The Balaban J connectivity index is 2.17. The minimum atomic E-state index is -0.417. The van der Waals surface area contributed by atoms with E-state index in [1.165, 1.54) is 12.1 Å². The number of carbonyl (C=O) groups excluding carboxylic acids is 1. The third-order valence-corrected chi connectivity index (χ3v) is 3.05. The summed E-state index contributed by atoms with van der Waals surface area (Å²) in [5, 5.41) is 2.82. The highest BCUT2D eigenvalue weighted by molar-refractivity contribution is 5.94. The average Bonchev–Trinajstić information content (AvgIpc) is 2.44. The van der Waals surface area contributed by atoms with Crippen LogP contribution in [0.3, 0.4) is 0 Å². The van der Waals surface area contributed by atoms with Crippen molar-refractivity contribution in [1.29, 1.82) is 0 Å². The Morgan fingerprint density at radius 2 is 1.95 bits per heavy atom. The van der Waals surface area contributed by atoms with Gasteiger partial charge >= 0.3 is 0 Å². The van der Waals surface area contributed by atoms with E-state index in [-0.39, 0.29) is 18.5 Å². The summed E-state index contributed by atoms with van der Waals surface area (Å²) in [7, 11) is 0. The number of benzene rings is 2. The number of aryl methyl sites for hydroxylation is 1. The molecule has 0 fully saturated rings. The Bertz CT molecular complexity index is 578. The molecule has 0 radical (unpaired) electrons. The summed E-state index contributed by atoms with van der Waals surface area (Å²) in [4.78, 5) is 12.2. The topological polar surface area (TPSA) is 55.1 Å². The molecule has 1 atom stereocenters. The highest BCUT2D eigenvalue weighted by Gasteiger charge is 2.14. The van der Waals surface area contributed by atoms with E-state index in [0.717, 1.165) is 5.56 Å². The van der Waals surface area contributed by atoms with Gasteiger partial charge in [0.25, 0.3) is 5.91 Å². The van der Waals surface area contributed by atoms with Crippen LogP contribution in [0.5, 0.6) is 0 Å². The van der Waals surface area contributed by atoms with Gasteiger partial charge in [0.05, 0.1) is 6.04 Å². The van der Waals surface area contributed by atoms with Crippen LogP contribution in [0.4, 0.5) is 4.39 Å². The summed E-state index contributed by atoms with van der Waals surface area (Å²) >= 11 is 0. The average molecular weight is 272 g/mol.